The van der Waals surface area contributed by atoms with Crippen LogP contribution >= 0.6 is 0 Å². The van der Waals surface area contributed by atoms with E-state index >= 15 is 0 Å². The summed E-state index contributed by atoms with van der Waals surface area (Å²) in [6.07, 6.45) is 1.02. The van der Waals surface area contributed by atoms with Crippen LogP contribution in [0.2, 0.25) is 0 Å². The van der Waals surface area contributed by atoms with Gasteiger partial charge in [-0.3, -0.25) is 0 Å². The smallest absolute Gasteiger partial charge is 0.323 e. The molecule has 0 radical (unpaired) electrons. The Bertz CT molecular complexity index is 469. The highest BCUT2D eigenvalue weighted by molar-refractivity contribution is 5.40. The Morgan fingerprint density at radius 2 is 2.14 bits per heavy atom. The van der Waals surface area contributed by atoms with Crippen molar-refractivity contribution in [2.75, 3.05) is 29.9 Å². The van der Waals surface area contributed by atoms with Crippen molar-refractivity contribution in [1.82, 2.24) is 15.0 Å². The molecule has 1 aromatic heterocycles. The number of hydrogen-bond acceptors (Lipinski definition) is 7. The Morgan fingerprint density at radius 3 is 2.76 bits per heavy atom. The van der Waals surface area contributed by atoms with E-state index in [1.165, 1.54) is 0 Å². The van der Waals surface area contributed by atoms with E-state index in [9.17, 15) is 5.11 Å². The summed E-state index contributed by atoms with van der Waals surface area (Å²) in [7, 11) is 0. The third-order valence-electron chi connectivity index (χ3n) is 3.61. The fourth-order valence-corrected chi connectivity index (χ4v) is 2.51. The summed E-state index contributed by atoms with van der Waals surface area (Å²) in [5, 5.41) is 12.7. The monoisotopic (exact) mass is 295 g/mol. The molecule has 1 aromatic rings. The fourth-order valence-electron chi connectivity index (χ4n) is 2.51. The van der Waals surface area contributed by atoms with Gasteiger partial charge in [-0.25, -0.2) is 0 Å². The summed E-state index contributed by atoms with van der Waals surface area (Å²) in [6, 6.07) is 0.371. The molecule has 0 saturated carbocycles. The third-order valence-corrected chi connectivity index (χ3v) is 3.61. The summed E-state index contributed by atoms with van der Waals surface area (Å²) >= 11 is 0. The van der Waals surface area contributed by atoms with Crippen molar-refractivity contribution in [2.45, 2.75) is 46.3 Å². The molecule has 1 saturated heterocycles. The van der Waals surface area contributed by atoms with E-state index in [4.69, 9.17) is 4.74 Å². The van der Waals surface area contributed by atoms with Crippen LogP contribution in [0.15, 0.2) is 0 Å². The Morgan fingerprint density at radius 1 is 1.38 bits per heavy atom. The standard InChI is InChI=1S/C14H25N5O2/c1-5-15-12-16-13(18-14(17-12)21-9(2)3)19-7-6-10(4)11(19)8-20/h9-11,20H,5-8H2,1-4H3,(H,15,16,17,18). The number of nitrogens with one attached hydrogen (secondary N) is 1. The third kappa shape index (κ3) is 3.72. The van der Waals surface area contributed by atoms with Gasteiger partial charge in [0.25, 0.3) is 0 Å². The number of aliphatic hydroxyl groups is 1. The molecule has 2 N–H and O–H groups in total. The molecular formula is C14H25N5O2. The Hall–Kier alpha value is -1.63. The molecule has 2 rings (SSSR count). The minimum absolute atomic E-state index is 0.000803. The first-order chi connectivity index (χ1) is 10.0. The van der Waals surface area contributed by atoms with Crippen molar-refractivity contribution in [1.29, 1.82) is 0 Å². The van der Waals surface area contributed by atoms with E-state index in [1.807, 2.05) is 25.7 Å². The predicted molar refractivity (Wildman–Crippen MR) is 81.8 cm³/mol. The SMILES string of the molecule is CCNc1nc(OC(C)C)nc(N2CCC(C)C2CO)n1. The van der Waals surface area contributed by atoms with Gasteiger partial charge in [-0.05, 0) is 33.1 Å². The van der Waals surface area contributed by atoms with E-state index in [2.05, 4.69) is 27.2 Å². The van der Waals surface area contributed by atoms with Crippen LogP contribution in [0.3, 0.4) is 0 Å². The maximum absolute atomic E-state index is 9.60. The number of nitrogens with zero attached hydrogens (tertiary/aromatic N) is 4. The van der Waals surface area contributed by atoms with E-state index < -0.39 is 0 Å². The lowest BCUT2D eigenvalue weighted by atomic mass is 10.0. The summed E-state index contributed by atoms with van der Waals surface area (Å²) in [5.41, 5.74) is 0. The molecule has 21 heavy (non-hydrogen) atoms. The average Bonchev–Trinajstić information content (AvgIpc) is 2.79. The maximum atomic E-state index is 9.60. The second-order valence-electron chi connectivity index (χ2n) is 5.65. The summed E-state index contributed by atoms with van der Waals surface area (Å²) < 4.78 is 5.61. The molecule has 1 fully saturated rings. The molecule has 0 spiro atoms. The first-order valence-corrected chi connectivity index (χ1v) is 7.59. The van der Waals surface area contributed by atoms with Crippen LogP contribution in [0.25, 0.3) is 0 Å². The van der Waals surface area contributed by atoms with Crippen LogP contribution in [0.4, 0.5) is 11.9 Å². The van der Waals surface area contributed by atoms with Gasteiger partial charge in [0.1, 0.15) is 0 Å². The zero-order valence-corrected chi connectivity index (χ0v) is 13.2. The van der Waals surface area contributed by atoms with Gasteiger partial charge >= 0.3 is 6.01 Å². The number of hydrogen-bond donors (Lipinski definition) is 2. The molecule has 0 amide bonds. The van der Waals surface area contributed by atoms with Gasteiger partial charge in [-0.15, -0.1) is 0 Å². The largest absolute Gasteiger partial charge is 0.461 e. The highest BCUT2D eigenvalue weighted by Crippen LogP contribution is 2.28. The number of aliphatic hydroxyl groups excluding tert-OH is 1. The first-order valence-electron chi connectivity index (χ1n) is 7.59. The van der Waals surface area contributed by atoms with Crippen molar-refractivity contribution >= 4 is 11.9 Å². The van der Waals surface area contributed by atoms with Crippen LogP contribution in [0, 0.1) is 5.92 Å². The van der Waals surface area contributed by atoms with Crippen LogP contribution < -0.4 is 15.0 Å². The Labute approximate surface area is 125 Å². The highest BCUT2D eigenvalue weighted by atomic mass is 16.5. The lowest BCUT2D eigenvalue weighted by molar-refractivity contribution is 0.220. The van der Waals surface area contributed by atoms with Gasteiger partial charge < -0.3 is 20.1 Å². The normalized spacial score (nSPS) is 21.9. The van der Waals surface area contributed by atoms with E-state index in [0.717, 1.165) is 19.5 Å². The number of aromatic nitrogens is 3. The molecule has 2 heterocycles. The lowest BCUT2D eigenvalue weighted by Crippen LogP contribution is -2.36. The molecule has 2 atom stereocenters. The van der Waals surface area contributed by atoms with Gasteiger partial charge in [0, 0.05) is 13.1 Å². The zero-order chi connectivity index (χ0) is 15.4. The van der Waals surface area contributed by atoms with Gasteiger partial charge in [0.05, 0.1) is 18.8 Å². The molecular weight excluding hydrogens is 270 g/mol. The van der Waals surface area contributed by atoms with Gasteiger partial charge in [-0.1, -0.05) is 6.92 Å². The van der Waals surface area contributed by atoms with Gasteiger partial charge in [-0.2, -0.15) is 15.0 Å². The molecule has 0 aliphatic carbocycles. The molecule has 0 bridgehead atoms. The summed E-state index contributed by atoms with van der Waals surface area (Å²) in [6.45, 7) is 9.66. The maximum Gasteiger partial charge on any atom is 0.323 e. The van der Waals surface area contributed by atoms with Crippen molar-refractivity contribution in [3.8, 4) is 6.01 Å². The predicted octanol–water partition coefficient (Wildman–Crippen LogP) is 1.30. The number of rotatable bonds is 6. The Balaban J connectivity index is 2.30. The molecule has 118 valence electrons. The summed E-state index contributed by atoms with van der Waals surface area (Å²) in [4.78, 5) is 15.1. The van der Waals surface area contributed by atoms with E-state index in [0.29, 0.717) is 23.8 Å². The van der Waals surface area contributed by atoms with Crippen molar-refractivity contribution in [3.05, 3.63) is 0 Å². The van der Waals surface area contributed by atoms with Gasteiger partial charge in [0.15, 0.2) is 0 Å². The molecule has 1 aliphatic rings. The van der Waals surface area contributed by atoms with Crippen LogP contribution in [-0.4, -0.2) is 51.9 Å². The molecule has 2 unspecified atom stereocenters. The number of ether oxygens (including phenoxy) is 1. The van der Waals surface area contributed by atoms with Gasteiger partial charge in [0.2, 0.25) is 11.9 Å². The number of anilines is 2. The van der Waals surface area contributed by atoms with Crippen LogP contribution in [-0.2, 0) is 0 Å². The van der Waals surface area contributed by atoms with Crippen LogP contribution in [0.5, 0.6) is 6.01 Å². The van der Waals surface area contributed by atoms with Crippen molar-refractivity contribution in [2.24, 2.45) is 5.92 Å². The molecule has 1 aliphatic heterocycles. The second-order valence-corrected chi connectivity index (χ2v) is 5.65. The summed E-state index contributed by atoms with van der Waals surface area (Å²) in [5.74, 6) is 1.50. The zero-order valence-electron chi connectivity index (χ0n) is 13.2. The lowest BCUT2D eigenvalue weighted by Gasteiger charge is -2.25. The minimum Gasteiger partial charge on any atom is -0.461 e. The molecule has 0 aromatic carbocycles. The fraction of sp³-hybridized carbons (Fsp3) is 0.786. The van der Waals surface area contributed by atoms with E-state index in [1.54, 1.807) is 0 Å². The molecule has 7 heteroatoms. The van der Waals surface area contributed by atoms with Crippen molar-refractivity contribution < 1.29 is 9.84 Å². The Kier molecular flexibility index (Phi) is 5.17. The minimum atomic E-state index is 0.000803. The topological polar surface area (TPSA) is 83.4 Å². The van der Waals surface area contributed by atoms with E-state index in [-0.39, 0.29) is 18.8 Å². The highest BCUT2D eigenvalue weighted by Gasteiger charge is 2.33. The van der Waals surface area contributed by atoms with Crippen molar-refractivity contribution in [3.63, 3.8) is 0 Å². The average molecular weight is 295 g/mol. The molecule has 7 nitrogen and oxygen atoms in total. The van der Waals surface area contributed by atoms with Crippen LogP contribution in [0.1, 0.15) is 34.1 Å². The first kappa shape index (κ1) is 15.8. The second kappa shape index (κ2) is 6.89. The quantitative estimate of drug-likeness (QED) is 0.818.